The van der Waals surface area contributed by atoms with Crippen molar-refractivity contribution in [2.24, 2.45) is 0 Å². The van der Waals surface area contributed by atoms with Crippen molar-refractivity contribution in [1.82, 2.24) is 20.9 Å². The predicted octanol–water partition coefficient (Wildman–Crippen LogP) is 0.864. The topological polar surface area (TPSA) is 86.4 Å². The minimum atomic E-state index is -0.107. The van der Waals surface area contributed by atoms with Crippen molar-refractivity contribution in [3.05, 3.63) is 11.1 Å². The molecule has 0 unspecified atom stereocenters. The summed E-state index contributed by atoms with van der Waals surface area (Å²) in [6.07, 6.45) is 4.73. The molecule has 2 aliphatic rings. The van der Waals surface area contributed by atoms with Gasteiger partial charge in [0.15, 0.2) is 5.13 Å². The second-order valence-corrected chi connectivity index (χ2v) is 6.82. The summed E-state index contributed by atoms with van der Waals surface area (Å²) in [4.78, 5) is 29.9. The molecule has 7 nitrogen and oxygen atoms in total. The molecule has 8 heteroatoms. The van der Waals surface area contributed by atoms with Gasteiger partial charge in [0.05, 0.1) is 12.1 Å². The molecular weight excluding hydrogens is 314 g/mol. The number of aromatic nitrogens is 1. The number of nitrogens with zero attached hydrogens (tertiary/aromatic N) is 2. The highest BCUT2D eigenvalue weighted by Gasteiger charge is 2.22. The highest BCUT2D eigenvalue weighted by Crippen LogP contribution is 2.22. The van der Waals surface area contributed by atoms with E-state index in [-0.39, 0.29) is 18.4 Å². The van der Waals surface area contributed by atoms with Crippen molar-refractivity contribution in [2.75, 3.05) is 31.1 Å². The van der Waals surface area contributed by atoms with Crippen LogP contribution < -0.4 is 20.9 Å². The number of hydrogen-bond donors (Lipinski definition) is 3. The zero-order valence-electron chi connectivity index (χ0n) is 13.1. The number of rotatable bonds is 5. The predicted molar refractivity (Wildman–Crippen MR) is 89.8 cm³/mol. The summed E-state index contributed by atoms with van der Waals surface area (Å²) in [5.74, 6) is -0.0164. The first-order chi connectivity index (χ1) is 11.2. The molecule has 0 radical (unpaired) electrons. The summed E-state index contributed by atoms with van der Waals surface area (Å²) < 4.78 is 0. The summed E-state index contributed by atoms with van der Waals surface area (Å²) in [5.41, 5.74) is 0.720. The second kappa shape index (κ2) is 7.74. The van der Waals surface area contributed by atoms with Crippen LogP contribution in [0.25, 0.3) is 0 Å². The van der Waals surface area contributed by atoms with Crippen LogP contribution in [-0.4, -0.2) is 49.1 Å². The number of carbonyl (C=O) groups is 2. The maximum atomic E-state index is 12.0. The largest absolute Gasteiger partial charge is 0.354 e. The molecule has 2 saturated heterocycles. The highest BCUT2D eigenvalue weighted by atomic mass is 32.1. The number of thiazole rings is 1. The summed E-state index contributed by atoms with van der Waals surface area (Å²) in [7, 11) is 0. The van der Waals surface area contributed by atoms with Crippen LogP contribution in [0.2, 0.25) is 0 Å². The molecule has 3 rings (SSSR count). The Hall–Kier alpha value is -1.67. The van der Waals surface area contributed by atoms with Crippen molar-refractivity contribution in [1.29, 1.82) is 0 Å². The molecule has 0 bridgehead atoms. The van der Waals surface area contributed by atoms with Gasteiger partial charge in [-0.1, -0.05) is 6.42 Å². The maximum absolute atomic E-state index is 12.0. The Morgan fingerprint density at radius 3 is 3.09 bits per heavy atom. The van der Waals surface area contributed by atoms with E-state index in [2.05, 4.69) is 20.9 Å². The standard InChI is InChI=1S/C15H23N5O2S/c21-13(18-9-11-4-1-2-5-16-11)8-12-10-23-15(19-12)20-7-3-6-17-14(20)22/h10-11,16H,1-9H2,(H,17,22)(H,18,21)/t11-/m1/s1. The number of hydrogen-bond acceptors (Lipinski definition) is 5. The molecule has 23 heavy (non-hydrogen) atoms. The Morgan fingerprint density at radius 1 is 1.39 bits per heavy atom. The van der Waals surface area contributed by atoms with E-state index in [1.165, 1.54) is 24.2 Å². The zero-order chi connectivity index (χ0) is 16.1. The molecule has 0 aliphatic carbocycles. The number of nitrogens with one attached hydrogen (secondary N) is 3. The smallest absolute Gasteiger partial charge is 0.323 e. The van der Waals surface area contributed by atoms with Gasteiger partial charge < -0.3 is 16.0 Å². The molecule has 0 aromatic carbocycles. The van der Waals surface area contributed by atoms with E-state index in [0.29, 0.717) is 30.8 Å². The third-order valence-corrected chi connectivity index (χ3v) is 5.06. The molecule has 1 aromatic heterocycles. The summed E-state index contributed by atoms with van der Waals surface area (Å²) in [6, 6.07) is 0.278. The van der Waals surface area contributed by atoms with Gasteiger partial charge in [-0.2, -0.15) is 0 Å². The lowest BCUT2D eigenvalue weighted by Gasteiger charge is -2.24. The van der Waals surface area contributed by atoms with Crippen molar-refractivity contribution in [3.63, 3.8) is 0 Å². The van der Waals surface area contributed by atoms with Gasteiger partial charge in [-0.05, 0) is 25.8 Å². The minimum absolute atomic E-state index is 0.0164. The fourth-order valence-corrected chi connectivity index (χ4v) is 3.72. The average molecular weight is 337 g/mol. The zero-order valence-corrected chi connectivity index (χ0v) is 14.0. The van der Waals surface area contributed by atoms with Crippen molar-refractivity contribution < 1.29 is 9.59 Å². The molecule has 3 amide bonds. The van der Waals surface area contributed by atoms with Crippen LogP contribution in [0, 0.1) is 0 Å². The molecule has 2 aliphatic heterocycles. The van der Waals surface area contributed by atoms with E-state index < -0.39 is 0 Å². The van der Waals surface area contributed by atoms with Crippen LogP contribution in [0.5, 0.6) is 0 Å². The van der Waals surface area contributed by atoms with Crippen LogP contribution in [0.4, 0.5) is 9.93 Å². The van der Waals surface area contributed by atoms with Crippen LogP contribution in [0.15, 0.2) is 5.38 Å². The number of anilines is 1. The van der Waals surface area contributed by atoms with Gasteiger partial charge in [0.2, 0.25) is 5.91 Å². The first-order valence-electron chi connectivity index (χ1n) is 8.22. The van der Waals surface area contributed by atoms with Gasteiger partial charge in [0.1, 0.15) is 0 Å². The lowest BCUT2D eigenvalue weighted by atomic mass is 10.1. The first kappa shape index (κ1) is 16.2. The van der Waals surface area contributed by atoms with Crippen LogP contribution in [0.3, 0.4) is 0 Å². The van der Waals surface area contributed by atoms with Gasteiger partial charge in [-0.25, -0.2) is 9.78 Å². The Balaban J connectivity index is 1.48. The minimum Gasteiger partial charge on any atom is -0.354 e. The molecule has 1 atom stereocenters. The van der Waals surface area contributed by atoms with E-state index in [0.717, 1.165) is 25.1 Å². The van der Waals surface area contributed by atoms with Gasteiger partial charge in [0.25, 0.3) is 0 Å². The third-order valence-electron chi connectivity index (χ3n) is 4.15. The Bertz CT molecular complexity index is 556. The quantitative estimate of drug-likeness (QED) is 0.744. The van der Waals surface area contributed by atoms with Crippen LogP contribution in [-0.2, 0) is 11.2 Å². The summed E-state index contributed by atoms with van der Waals surface area (Å²) in [5, 5.41) is 11.7. The van der Waals surface area contributed by atoms with E-state index in [9.17, 15) is 9.59 Å². The molecule has 2 fully saturated rings. The van der Waals surface area contributed by atoms with E-state index >= 15 is 0 Å². The highest BCUT2D eigenvalue weighted by molar-refractivity contribution is 7.14. The summed E-state index contributed by atoms with van der Waals surface area (Å²) >= 11 is 1.41. The van der Waals surface area contributed by atoms with E-state index in [1.807, 2.05) is 5.38 Å². The first-order valence-corrected chi connectivity index (χ1v) is 9.10. The van der Waals surface area contributed by atoms with Gasteiger partial charge in [-0.3, -0.25) is 9.69 Å². The van der Waals surface area contributed by atoms with Gasteiger partial charge >= 0.3 is 6.03 Å². The normalized spacial score (nSPS) is 21.8. The second-order valence-electron chi connectivity index (χ2n) is 5.99. The fraction of sp³-hybridized carbons (Fsp3) is 0.667. The molecule has 126 valence electrons. The Morgan fingerprint density at radius 2 is 2.30 bits per heavy atom. The molecule has 3 heterocycles. The molecular formula is C15H23N5O2S. The number of amides is 3. The molecule has 1 aromatic rings. The maximum Gasteiger partial charge on any atom is 0.323 e. The average Bonchev–Trinajstić information content (AvgIpc) is 3.02. The molecule has 0 spiro atoms. The summed E-state index contributed by atoms with van der Waals surface area (Å²) in [6.45, 7) is 3.10. The number of urea groups is 1. The van der Waals surface area contributed by atoms with Crippen molar-refractivity contribution >= 4 is 28.4 Å². The van der Waals surface area contributed by atoms with Crippen LogP contribution in [0.1, 0.15) is 31.4 Å². The van der Waals surface area contributed by atoms with Gasteiger partial charge in [0, 0.05) is 31.1 Å². The van der Waals surface area contributed by atoms with E-state index in [1.54, 1.807) is 4.90 Å². The number of piperidine rings is 1. The van der Waals surface area contributed by atoms with Gasteiger partial charge in [-0.15, -0.1) is 11.3 Å². The van der Waals surface area contributed by atoms with Crippen LogP contribution >= 0.6 is 11.3 Å². The monoisotopic (exact) mass is 337 g/mol. The molecule has 0 saturated carbocycles. The number of carbonyl (C=O) groups excluding carboxylic acids is 2. The Labute approximate surface area is 139 Å². The Kier molecular flexibility index (Phi) is 5.45. The fourth-order valence-electron chi connectivity index (χ4n) is 2.88. The van der Waals surface area contributed by atoms with E-state index in [4.69, 9.17) is 0 Å². The molecule has 3 N–H and O–H groups in total. The third kappa shape index (κ3) is 4.42. The van der Waals surface area contributed by atoms with Crippen molar-refractivity contribution in [3.8, 4) is 0 Å². The van der Waals surface area contributed by atoms with Crippen molar-refractivity contribution in [2.45, 2.75) is 38.1 Å². The lowest BCUT2D eigenvalue weighted by molar-refractivity contribution is -0.120. The SMILES string of the molecule is O=C(Cc1csc(N2CCCNC2=O)n1)NC[C@H]1CCCCN1. The lowest BCUT2D eigenvalue weighted by Crippen LogP contribution is -2.46.